The standard InChI is InChI=1S/C9H9NO3.C7H7.Bi/c11-8-4-2-1-3-7(8)5-10-6-9(12)13;1-7-5-3-2-4-6-7;/h1-5,11H,6H2,(H,12,13);3-6H,1H3;/q;;+2/p-2. The van der Waals surface area contributed by atoms with Crippen LogP contribution in [0.5, 0.6) is 5.75 Å². The number of carbonyl (C=O) groups is 1. The molecule has 0 spiro atoms. The van der Waals surface area contributed by atoms with E-state index in [-0.39, 0.29) is 32.0 Å². The summed E-state index contributed by atoms with van der Waals surface area (Å²) in [6, 6.07) is 6.25. The first-order chi connectivity index (χ1) is 9.59. The molecule has 2 rings (SSSR count). The molecule has 0 aliphatic heterocycles. The van der Waals surface area contributed by atoms with Gasteiger partial charge in [0.05, 0.1) is 12.5 Å². The second-order valence-corrected chi connectivity index (χ2v) is 3.96. The molecule has 0 amide bonds. The number of rotatable bonds is 3. The summed E-state index contributed by atoms with van der Waals surface area (Å²) in [6.07, 6.45) is 9.11. The second kappa shape index (κ2) is 11.0. The number of allylic oxidation sites excluding steroid dienone is 3. The SMILES string of the molecule is CC1=CC=C=C[CH]1.O=C([O-])CN=Cc1ccccc1[O-].[Bi+2]. The van der Waals surface area contributed by atoms with Crippen molar-refractivity contribution in [1.29, 1.82) is 0 Å². The van der Waals surface area contributed by atoms with Gasteiger partial charge in [0.15, 0.2) is 0 Å². The molecule has 21 heavy (non-hydrogen) atoms. The van der Waals surface area contributed by atoms with E-state index in [1.54, 1.807) is 18.2 Å². The van der Waals surface area contributed by atoms with Gasteiger partial charge < -0.3 is 15.0 Å². The molecule has 0 atom stereocenters. The Morgan fingerprint density at radius 2 is 2.05 bits per heavy atom. The number of aliphatic imine (C=N–C) groups is 1. The van der Waals surface area contributed by atoms with Gasteiger partial charge >= 0.3 is 26.2 Å². The topological polar surface area (TPSA) is 75.5 Å². The van der Waals surface area contributed by atoms with Crippen LogP contribution in [0.4, 0.5) is 0 Å². The molecule has 0 heterocycles. The maximum Gasteiger partial charge on any atom is 2.00 e. The number of para-hydroxylation sites is 1. The largest absolute Gasteiger partial charge is 2.00 e. The van der Waals surface area contributed by atoms with Gasteiger partial charge in [-0.15, -0.1) is 11.5 Å². The summed E-state index contributed by atoms with van der Waals surface area (Å²) in [5.41, 5.74) is 4.60. The number of nitrogens with zero attached hydrogens (tertiary/aromatic N) is 1. The van der Waals surface area contributed by atoms with Crippen molar-refractivity contribution in [2.75, 3.05) is 6.54 Å². The van der Waals surface area contributed by atoms with Crippen molar-refractivity contribution in [3.8, 4) is 5.75 Å². The van der Waals surface area contributed by atoms with Crippen molar-refractivity contribution in [3.63, 3.8) is 0 Å². The van der Waals surface area contributed by atoms with Crippen LogP contribution < -0.4 is 10.2 Å². The first kappa shape index (κ1) is 19.3. The molecule has 0 fully saturated rings. The quantitative estimate of drug-likeness (QED) is 0.360. The fourth-order valence-corrected chi connectivity index (χ4v) is 1.28. The van der Waals surface area contributed by atoms with Gasteiger partial charge in [-0.05, 0) is 24.6 Å². The Bertz CT molecular complexity index is 585. The molecule has 1 aromatic rings. The first-order valence-electron chi connectivity index (χ1n) is 5.98. The van der Waals surface area contributed by atoms with Crippen LogP contribution in [0, 0.1) is 6.42 Å². The van der Waals surface area contributed by atoms with E-state index < -0.39 is 12.5 Å². The van der Waals surface area contributed by atoms with Crippen LogP contribution in [0.15, 0.2) is 58.8 Å². The molecule has 5 heteroatoms. The molecular weight excluding hydrogens is 463 g/mol. The third-order valence-corrected chi connectivity index (χ3v) is 2.25. The number of aliphatic carboxylic acids is 1. The summed E-state index contributed by atoms with van der Waals surface area (Å²) < 4.78 is 0. The number of hydrogen-bond acceptors (Lipinski definition) is 4. The molecule has 0 saturated carbocycles. The summed E-state index contributed by atoms with van der Waals surface area (Å²) >= 11 is 0. The van der Waals surface area contributed by atoms with Gasteiger partial charge in [0.2, 0.25) is 0 Å². The average molecular weight is 477 g/mol. The van der Waals surface area contributed by atoms with E-state index in [0.29, 0.717) is 5.56 Å². The van der Waals surface area contributed by atoms with E-state index in [0.717, 1.165) is 0 Å². The number of carbonyl (C=O) groups excluding carboxylic acids is 1. The summed E-state index contributed by atoms with van der Waals surface area (Å²) in [5, 5.41) is 21.0. The average Bonchev–Trinajstić information content (AvgIpc) is 2.42. The third kappa shape index (κ3) is 8.96. The first-order valence-corrected chi connectivity index (χ1v) is 5.98. The Morgan fingerprint density at radius 1 is 1.33 bits per heavy atom. The molecule has 0 bridgehead atoms. The summed E-state index contributed by atoms with van der Waals surface area (Å²) in [7, 11) is 0. The fourth-order valence-electron chi connectivity index (χ4n) is 1.28. The number of benzene rings is 1. The van der Waals surface area contributed by atoms with E-state index in [4.69, 9.17) is 0 Å². The van der Waals surface area contributed by atoms with E-state index in [1.165, 1.54) is 17.9 Å². The van der Waals surface area contributed by atoms with Crippen LogP contribution in [-0.2, 0) is 4.79 Å². The van der Waals surface area contributed by atoms with Crippen molar-refractivity contribution in [3.05, 3.63) is 65.8 Å². The van der Waals surface area contributed by atoms with Crippen molar-refractivity contribution >= 4 is 38.4 Å². The Hall–Kier alpha value is -1.70. The molecule has 1 aliphatic carbocycles. The molecule has 0 unspecified atom stereocenters. The normalized spacial score (nSPS) is 12.1. The van der Waals surface area contributed by atoms with Gasteiger partial charge in [-0.25, -0.2) is 0 Å². The minimum absolute atomic E-state index is 0. The van der Waals surface area contributed by atoms with Gasteiger partial charge in [-0.3, -0.25) is 4.99 Å². The zero-order valence-electron chi connectivity index (χ0n) is 11.5. The van der Waals surface area contributed by atoms with Crippen molar-refractivity contribution in [1.82, 2.24) is 0 Å². The zero-order valence-corrected chi connectivity index (χ0v) is 15.0. The number of hydrogen-bond donors (Lipinski definition) is 0. The summed E-state index contributed by atoms with van der Waals surface area (Å²) in [5.74, 6) is -1.44. The van der Waals surface area contributed by atoms with Gasteiger partial charge in [-0.1, -0.05) is 35.9 Å². The van der Waals surface area contributed by atoms with Crippen LogP contribution in [0.3, 0.4) is 0 Å². The van der Waals surface area contributed by atoms with E-state index in [2.05, 4.69) is 17.6 Å². The molecule has 1 aromatic carbocycles. The Balaban J connectivity index is 0.000000425. The van der Waals surface area contributed by atoms with E-state index >= 15 is 0 Å². The molecule has 4 nitrogen and oxygen atoms in total. The maximum atomic E-state index is 11.0. The molecule has 1 aliphatic rings. The predicted molar refractivity (Wildman–Crippen MR) is 79.8 cm³/mol. The molecule has 0 saturated heterocycles. The smallest absolute Gasteiger partial charge is 0.872 e. The van der Waals surface area contributed by atoms with Gasteiger partial charge in [0.25, 0.3) is 0 Å². The minimum Gasteiger partial charge on any atom is -0.872 e. The molecule has 4 radical (unpaired) electrons. The summed E-state index contributed by atoms with van der Waals surface area (Å²) in [6.45, 7) is 1.64. The number of carboxylic acid groups (broad SMARTS) is 1. The van der Waals surface area contributed by atoms with Crippen molar-refractivity contribution < 1.29 is 15.0 Å². The van der Waals surface area contributed by atoms with Crippen LogP contribution in [-0.4, -0.2) is 44.9 Å². The maximum absolute atomic E-state index is 11.0. The molecule has 0 N–H and O–H groups in total. The Kier molecular flexibility index (Phi) is 10.1. The van der Waals surface area contributed by atoms with Crippen LogP contribution >= 0.6 is 0 Å². The number of carboxylic acids is 1. The fraction of sp³-hybridized carbons (Fsp3) is 0.125. The van der Waals surface area contributed by atoms with Gasteiger partial charge in [0.1, 0.15) is 0 Å². The zero-order chi connectivity index (χ0) is 14.8. The minimum atomic E-state index is -1.26. The van der Waals surface area contributed by atoms with E-state index in [9.17, 15) is 15.0 Å². The second-order valence-electron chi connectivity index (χ2n) is 3.96. The van der Waals surface area contributed by atoms with Gasteiger partial charge in [-0.2, -0.15) is 0 Å². The predicted octanol–water partition coefficient (Wildman–Crippen LogP) is 0.410. The van der Waals surface area contributed by atoms with E-state index in [1.807, 2.05) is 24.6 Å². The Labute approximate surface area is 143 Å². The molecule has 106 valence electrons. The van der Waals surface area contributed by atoms with Crippen LogP contribution in [0.2, 0.25) is 0 Å². The third-order valence-electron chi connectivity index (χ3n) is 2.25. The van der Waals surface area contributed by atoms with Crippen molar-refractivity contribution in [2.45, 2.75) is 6.92 Å². The van der Waals surface area contributed by atoms with Crippen molar-refractivity contribution in [2.24, 2.45) is 4.99 Å². The molecule has 0 aromatic heterocycles. The Morgan fingerprint density at radius 3 is 2.52 bits per heavy atom. The van der Waals surface area contributed by atoms with Gasteiger partial charge in [0, 0.05) is 12.6 Å². The molecular formula is C16H14BiNO3. The van der Waals surface area contributed by atoms with Crippen LogP contribution in [0.1, 0.15) is 12.5 Å². The monoisotopic (exact) mass is 477 g/mol. The van der Waals surface area contributed by atoms with Crippen LogP contribution in [0.25, 0.3) is 0 Å². The summed E-state index contributed by atoms with van der Waals surface area (Å²) in [4.78, 5) is 13.5.